The van der Waals surface area contributed by atoms with E-state index < -0.39 is 17.9 Å². The Hall–Kier alpha value is -2.94. The van der Waals surface area contributed by atoms with Gasteiger partial charge in [-0.2, -0.15) is 5.10 Å². The second kappa shape index (κ2) is 7.52. The summed E-state index contributed by atoms with van der Waals surface area (Å²) >= 11 is 0. The molecule has 0 spiro atoms. The molecule has 1 atom stereocenters. The number of aromatic nitrogens is 2. The van der Waals surface area contributed by atoms with Gasteiger partial charge in [0.15, 0.2) is 0 Å². The van der Waals surface area contributed by atoms with E-state index in [-0.39, 0.29) is 18.2 Å². The number of nitrogens with zero attached hydrogens (tertiary/aromatic N) is 2. The Morgan fingerprint density at radius 1 is 1.46 bits per heavy atom. The third kappa shape index (κ3) is 3.83. The molecular formula is C17H20FN5O3. The number of carbonyl (C=O) groups excluding carboxylic acids is 2. The molecule has 0 unspecified atom stereocenters. The third-order valence-corrected chi connectivity index (χ3v) is 4.17. The normalized spacial score (nSPS) is 14.3. The zero-order valence-electron chi connectivity index (χ0n) is 14.5. The lowest BCUT2D eigenvalue weighted by Crippen LogP contribution is -2.36. The molecule has 1 aliphatic heterocycles. The molecule has 1 aromatic heterocycles. The van der Waals surface area contributed by atoms with Crippen molar-refractivity contribution in [2.75, 3.05) is 24.4 Å². The van der Waals surface area contributed by atoms with Crippen molar-refractivity contribution in [3.63, 3.8) is 0 Å². The van der Waals surface area contributed by atoms with Gasteiger partial charge in [-0.3, -0.25) is 9.48 Å². The molecule has 0 saturated heterocycles. The summed E-state index contributed by atoms with van der Waals surface area (Å²) in [5.74, 6) is -0.644. The molecule has 138 valence electrons. The molecule has 0 saturated carbocycles. The van der Waals surface area contributed by atoms with Crippen LogP contribution in [0.5, 0.6) is 0 Å². The number of anilines is 2. The minimum atomic E-state index is -0.541. The SMILES string of the molecule is COC[C@@H](NC(=O)Nc1cc(F)cc2c1NC(=O)CC2)c1ccnn1C. The van der Waals surface area contributed by atoms with Gasteiger partial charge in [0.25, 0.3) is 0 Å². The lowest BCUT2D eigenvalue weighted by molar-refractivity contribution is -0.116. The fourth-order valence-electron chi connectivity index (χ4n) is 2.97. The summed E-state index contributed by atoms with van der Waals surface area (Å²) in [6.07, 6.45) is 2.34. The van der Waals surface area contributed by atoms with Crippen molar-refractivity contribution < 1.29 is 18.7 Å². The van der Waals surface area contributed by atoms with E-state index in [9.17, 15) is 14.0 Å². The van der Waals surface area contributed by atoms with Gasteiger partial charge in [0.05, 0.1) is 29.7 Å². The molecule has 1 aromatic carbocycles. The smallest absolute Gasteiger partial charge is 0.319 e. The Morgan fingerprint density at radius 3 is 2.96 bits per heavy atom. The third-order valence-electron chi connectivity index (χ3n) is 4.17. The largest absolute Gasteiger partial charge is 0.382 e. The van der Waals surface area contributed by atoms with Gasteiger partial charge >= 0.3 is 6.03 Å². The second-order valence-electron chi connectivity index (χ2n) is 6.02. The number of rotatable bonds is 5. The summed E-state index contributed by atoms with van der Waals surface area (Å²) in [5.41, 5.74) is 2.06. The number of urea groups is 1. The Bertz CT molecular complexity index is 836. The Labute approximate surface area is 149 Å². The van der Waals surface area contributed by atoms with Gasteiger partial charge in [0, 0.05) is 26.8 Å². The molecule has 3 N–H and O–H groups in total. The van der Waals surface area contributed by atoms with Crippen LogP contribution in [0.15, 0.2) is 24.4 Å². The molecule has 9 heteroatoms. The molecule has 3 amide bonds. The van der Waals surface area contributed by atoms with Crippen LogP contribution in [0, 0.1) is 5.82 Å². The summed E-state index contributed by atoms with van der Waals surface area (Å²) in [6.45, 7) is 0.241. The lowest BCUT2D eigenvalue weighted by atomic mass is 10.0. The van der Waals surface area contributed by atoms with Crippen LogP contribution in [0.4, 0.5) is 20.6 Å². The first kappa shape index (κ1) is 17.9. The van der Waals surface area contributed by atoms with Crippen molar-refractivity contribution in [3.8, 4) is 0 Å². The number of amides is 3. The van der Waals surface area contributed by atoms with E-state index in [4.69, 9.17) is 4.74 Å². The maximum absolute atomic E-state index is 13.8. The standard InChI is InChI=1S/C17H20FN5O3/c1-23-14(5-6-19-23)13(9-26-2)21-17(25)20-12-8-11(18)7-10-3-4-15(24)22-16(10)12/h5-8,13H,3-4,9H2,1-2H3,(H,22,24)(H2,20,21,25)/t13-/m1/s1. The van der Waals surface area contributed by atoms with E-state index >= 15 is 0 Å². The maximum Gasteiger partial charge on any atom is 0.319 e. The average Bonchev–Trinajstić information content (AvgIpc) is 3.01. The molecule has 0 fully saturated rings. The molecular weight excluding hydrogens is 341 g/mol. The van der Waals surface area contributed by atoms with E-state index in [1.807, 2.05) is 0 Å². The highest BCUT2D eigenvalue weighted by Gasteiger charge is 2.22. The van der Waals surface area contributed by atoms with E-state index in [2.05, 4.69) is 21.0 Å². The van der Waals surface area contributed by atoms with Crippen molar-refractivity contribution in [3.05, 3.63) is 41.5 Å². The summed E-state index contributed by atoms with van der Waals surface area (Å²) in [5, 5.41) is 12.2. The summed E-state index contributed by atoms with van der Waals surface area (Å²) in [7, 11) is 3.29. The zero-order chi connectivity index (χ0) is 18.7. The fraction of sp³-hybridized carbons (Fsp3) is 0.353. The minimum Gasteiger partial charge on any atom is -0.382 e. The first-order valence-corrected chi connectivity index (χ1v) is 8.14. The van der Waals surface area contributed by atoms with Crippen LogP contribution in [-0.4, -0.2) is 35.4 Å². The summed E-state index contributed by atoms with van der Waals surface area (Å²) in [6, 6.07) is 3.34. The van der Waals surface area contributed by atoms with Crippen molar-refractivity contribution in [2.24, 2.45) is 7.05 Å². The molecule has 1 aliphatic rings. The van der Waals surface area contributed by atoms with Crippen molar-refractivity contribution >= 4 is 23.3 Å². The molecule has 3 rings (SSSR count). The Kier molecular flexibility index (Phi) is 5.17. The predicted octanol–water partition coefficient (Wildman–Crippen LogP) is 1.95. The molecule has 2 heterocycles. The van der Waals surface area contributed by atoms with Crippen LogP contribution in [0.2, 0.25) is 0 Å². The molecule has 0 aliphatic carbocycles. The van der Waals surface area contributed by atoms with Gasteiger partial charge < -0.3 is 20.7 Å². The maximum atomic E-state index is 13.8. The quantitative estimate of drug-likeness (QED) is 0.758. The fourth-order valence-corrected chi connectivity index (χ4v) is 2.97. The first-order chi connectivity index (χ1) is 12.5. The Morgan fingerprint density at radius 2 is 2.27 bits per heavy atom. The number of ether oxygens (including phenoxy) is 1. The van der Waals surface area contributed by atoms with Crippen LogP contribution in [0.25, 0.3) is 0 Å². The van der Waals surface area contributed by atoms with Crippen molar-refractivity contribution in [2.45, 2.75) is 18.9 Å². The molecule has 2 aromatic rings. The van der Waals surface area contributed by atoms with Gasteiger partial charge in [-0.1, -0.05) is 0 Å². The van der Waals surface area contributed by atoms with Crippen molar-refractivity contribution in [1.29, 1.82) is 0 Å². The van der Waals surface area contributed by atoms with E-state index in [0.717, 1.165) is 5.69 Å². The number of methoxy groups -OCH3 is 1. The van der Waals surface area contributed by atoms with Crippen LogP contribution in [0.1, 0.15) is 23.7 Å². The van der Waals surface area contributed by atoms with Crippen LogP contribution < -0.4 is 16.0 Å². The van der Waals surface area contributed by atoms with Crippen LogP contribution >= 0.6 is 0 Å². The highest BCUT2D eigenvalue weighted by atomic mass is 19.1. The highest BCUT2D eigenvalue weighted by Crippen LogP contribution is 2.32. The number of halogens is 1. The topological polar surface area (TPSA) is 97.3 Å². The monoisotopic (exact) mass is 361 g/mol. The van der Waals surface area contributed by atoms with E-state index in [0.29, 0.717) is 24.1 Å². The van der Waals surface area contributed by atoms with Crippen LogP contribution in [-0.2, 0) is 23.0 Å². The minimum absolute atomic E-state index is 0.167. The molecule has 0 bridgehead atoms. The Balaban J connectivity index is 1.78. The molecule has 0 radical (unpaired) electrons. The number of nitrogens with one attached hydrogen (secondary N) is 3. The number of hydrogen-bond donors (Lipinski definition) is 3. The number of carbonyl (C=O) groups is 2. The second-order valence-corrected chi connectivity index (χ2v) is 6.02. The van der Waals surface area contributed by atoms with Gasteiger partial charge in [-0.25, -0.2) is 9.18 Å². The lowest BCUT2D eigenvalue weighted by Gasteiger charge is -2.22. The zero-order valence-corrected chi connectivity index (χ0v) is 14.5. The summed E-state index contributed by atoms with van der Waals surface area (Å²) < 4.78 is 20.6. The number of benzene rings is 1. The summed E-state index contributed by atoms with van der Waals surface area (Å²) in [4.78, 5) is 24.1. The number of hydrogen-bond acceptors (Lipinski definition) is 4. The molecule has 26 heavy (non-hydrogen) atoms. The molecule has 8 nitrogen and oxygen atoms in total. The highest BCUT2D eigenvalue weighted by molar-refractivity contribution is 6.01. The number of fused-ring (bicyclic) bond motifs is 1. The number of aryl methyl sites for hydroxylation is 2. The van der Waals surface area contributed by atoms with Gasteiger partial charge in [0.2, 0.25) is 5.91 Å². The van der Waals surface area contributed by atoms with E-state index in [1.165, 1.54) is 19.2 Å². The van der Waals surface area contributed by atoms with Crippen molar-refractivity contribution in [1.82, 2.24) is 15.1 Å². The van der Waals surface area contributed by atoms with Gasteiger partial charge in [-0.15, -0.1) is 0 Å². The van der Waals surface area contributed by atoms with Gasteiger partial charge in [0.1, 0.15) is 5.82 Å². The van der Waals surface area contributed by atoms with Crippen LogP contribution in [0.3, 0.4) is 0 Å². The predicted molar refractivity (Wildman–Crippen MR) is 93.3 cm³/mol. The first-order valence-electron chi connectivity index (χ1n) is 8.14. The average molecular weight is 361 g/mol. The van der Waals surface area contributed by atoms with Gasteiger partial charge in [-0.05, 0) is 30.2 Å². The van der Waals surface area contributed by atoms with E-state index in [1.54, 1.807) is 24.0 Å².